The third-order valence-corrected chi connectivity index (χ3v) is 5.08. The summed E-state index contributed by atoms with van der Waals surface area (Å²) in [5.41, 5.74) is 2.30. The van der Waals surface area contributed by atoms with Crippen LogP contribution >= 0.6 is 11.3 Å². The molecule has 0 unspecified atom stereocenters. The highest BCUT2D eigenvalue weighted by Crippen LogP contribution is 2.36. The summed E-state index contributed by atoms with van der Waals surface area (Å²) in [6.07, 6.45) is 0. The van der Waals surface area contributed by atoms with Crippen molar-refractivity contribution in [2.24, 2.45) is 4.99 Å². The molecule has 26 heavy (non-hydrogen) atoms. The highest BCUT2D eigenvalue weighted by atomic mass is 32.1. The zero-order chi connectivity index (χ0) is 18.1. The van der Waals surface area contributed by atoms with E-state index in [-0.39, 0.29) is 17.1 Å². The number of Topliss-reactive ketones (excluding diaryl/α,β-unsaturated/α-hetero) is 1. The lowest BCUT2D eigenvalue weighted by molar-refractivity contribution is 0.104. The molecule has 0 atom stereocenters. The number of benzene rings is 2. The van der Waals surface area contributed by atoms with E-state index in [1.54, 1.807) is 31.4 Å². The number of fused-ring (bicyclic) bond motifs is 1. The number of aliphatic hydroxyl groups is 1. The van der Waals surface area contributed by atoms with Crippen LogP contribution in [0.3, 0.4) is 0 Å². The number of allylic oxidation sites excluding steroid dienone is 1. The lowest BCUT2D eigenvalue weighted by Crippen LogP contribution is -2.11. The Hall–Kier alpha value is -3.18. The Morgan fingerprint density at radius 1 is 1.00 bits per heavy atom. The maximum atomic E-state index is 13.0. The van der Waals surface area contributed by atoms with Gasteiger partial charge in [-0.05, 0) is 23.6 Å². The number of rotatable bonds is 4. The second-order valence-corrected chi connectivity index (χ2v) is 6.66. The molecule has 0 aliphatic heterocycles. The average Bonchev–Trinajstić information content (AvgIpc) is 3.29. The number of ketones is 1. The van der Waals surface area contributed by atoms with E-state index in [0.29, 0.717) is 28.3 Å². The lowest BCUT2D eigenvalue weighted by Gasteiger charge is -2.08. The average molecular weight is 361 g/mol. The van der Waals surface area contributed by atoms with Gasteiger partial charge >= 0.3 is 0 Å². The Balaban J connectivity index is 1.93. The van der Waals surface area contributed by atoms with Gasteiger partial charge in [0, 0.05) is 11.1 Å². The van der Waals surface area contributed by atoms with Crippen LogP contribution in [0.25, 0.3) is 5.76 Å². The summed E-state index contributed by atoms with van der Waals surface area (Å²) in [6.45, 7) is 0. The van der Waals surface area contributed by atoms with E-state index in [0.717, 1.165) is 4.88 Å². The second kappa shape index (κ2) is 6.61. The molecule has 4 nitrogen and oxygen atoms in total. The summed E-state index contributed by atoms with van der Waals surface area (Å²) in [5, 5.41) is 12.7. The van der Waals surface area contributed by atoms with Gasteiger partial charge in [0.2, 0.25) is 0 Å². The molecule has 0 amide bonds. The first-order valence-corrected chi connectivity index (χ1v) is 8.92. The Morgan fingerprint density at radius 3 is 2.42 bits per heavy atom. The number of hydrogen-bond donors (Lipinski definition) is 1. The van der Waals surface area contributed by atoms with Crippen molar-refractivity contribution in [1.29, 1.82) is 0 Å². The van der Waals surface area contributed by atoms with Crippen LogP contribution < -0.4 is 4.74 Å². The Morgan fingerprint density at radius 2 is 1.73 bits per heavy atom. The quantitative estimate of drug-likeness (QED) is 0.662. The van der Waals surface area contributed by atoms with Crippen molar-refractivity contribution >= 4 is 34.3 Å². The van der Waals surface area contributed by atoms with Gasteiger partial charge in [0.25, 0.3) is 0 Å². The van der Waals surface area contributed by atoms with Gasteiger partial charge in [-0.15, -0.1) is 11.3 Å². The summed E-state index contributed by atoms with van der Waals surface area (Å²) in [5.74, 6) is 0.345. The molecule has 5 heteroatoms. The van der Waals surface area contributed by atoms with Crippen LogP contribution in [0.15, 0.2) is 76.6 Å². The van der Waals surface area contributed by atoms with Crippen LogP contribution in [-0.2, 0) is 0 Å². The summed E-state index contributed by atoms with van der Waals surface area (Å²) in [6, 6.07) is 18.2. The molecular weight excluding hydrogens is 346 g/mol. The summed E-state index contributed by atoms with van der Waals surface area (Å²) in [4.78, 5) is 18.5. The molecule has 128 valence electrons. The van der Waals surface area contributed by atoms with Crippen LogP contribution in [0.5, 0.6) is 5.75 Å². The number of carbonyl (C=O) groups is 1. The van der Waals surface area contributed by atoms with Crippen molar-refractivity contribution in [2.75, 3.05) is 7.11 Å². The number of para-hydroxylation sites is 2. The van der Waals surface area contributed by atoms with Crippen molar-refractivity contribution in [2.45, 2.75) is 0 Å². The minimum absolute atomic E-state index is 0.0346. The summed E-state index contributed by atoms with van der Waals surface area (Å²) >= 11 is 1.46. The largest absolute Gasteiger partial charge is 0.506 e. The first-order valence-electron chi connectivity index (χ1n) is 8.04. The van der Waals surface area contributed by atoms with Crippen molar-refractivity contribution in [3.05, 3.63) is 87.6 Å². The van der Waals surface area contributed by atoms with Crippen LogP contribution in [-0.4, -0.2) is 23.7 Å². The van der Waals surface area contributed by atoms with Gasteiger partial charge in [0.15, 0.2) is 5.78 Å². The first kappa shape index (κ1) is 16.3. The number of aliphatic hydroxyl groups excluding tert-OH is 1. The fraction of sp³-hybridized carbons (Fsp3) is 0.0476. The predicted octanol–water partition coefficient (Wildman–Crippen LogP) is 5.04. The van der Waals surface area contributed by atoms with Crippen LogP contribution in [0.2, 0.25) is 0 Å². The van der Waals surface area contributed by atoms with E-state index in [9.17, 15) is 9.90 Å². The van der Waals surface area contributed by atoms with Gasteiger partial charge in [-0.1, -0.05) is 42.5 Å². The van der Waals surface area contributed by atoms with E-state index in [1.807, 2.05) is 41.8 Å². The van der Waals surface area contributed by atoms with Gasteiger partial charge in [-0.3, -0.25) is 4.79 Å². The molecule has 0 fully saturated rings. The molecule has 0 bridgehead atoms. The molecule has 0 saturated heterocycles. The van der Waals surface area contributed by atoms with E-state index >= 15 is 0 Å². The standard InChI is InChI=1S/C21H15NO3S/c1-25-16-10-5-4-9-15(16)22-19(17-11-6-12-26-17)18-20(23)13-7-2-3-8-14(13)21(18)24/h2-12,23H,1H3. The minimum Gasteiger partial charge on any atom is -0.506 e. The Kier molecular flexibility index (Phi) is 4.14. The van der Waals surface area contributed by atoms with Gasteiger partial charge in [0.05, 0.1) is 23.3 Å². The zero-order valence-electron chi connectivity index (χ0n) is 14.0. The van der Waals surface area contributed by atoms with Crippen LogP contribution in [0.1, 0.15) is 20.8 Å². The Bertz CT molecular complexity index is 1050. The molecular formula is C21H15NO3S. The number of methoxy groups -OCH3 is 1. The predicted molar refractivity (Wildman–Crippen MR) is 104 cm³/mol. The molecule has 2 aromatic carbocycles. The van der Waals surface area contributed by atoms with Crippen molar-refractivity contribution < 1.29 is 14.6 Å². The van der Waals surface area contributed by atoms with Crippen LogP contribution in [0, 0.1) is 0 Å². The molecule has 1 N–H and O–H groups in total. The molecule has 0 radical (unpaired) electrons. The number of carbonyl (C=O) groups excluding carboxylic acids is 1. The van der Waals surface area contributed by atoms with E-state index in [4.69, 9.17) is 9.73 Å². The van der Waals surface area contributed by atoms with Crippen molar-refractivity contribution in [3.8, 4) is 5.75 Å². The highest BCUT2D eigenvalue weighted by molar-refractivity contribution is 7.12. The maximum absolute atomic E-state index is 13.0. The first-order chi connectivity index (χ1) is 12.7. The fourth-order valence-electron chi connectivity index (χ4n) is 2.97. The summed E-state index contributed by atoms with van der Waals surface area (Å²) < 4.78 is 5.37. The number of ether oxygens (including phenoxy) is 1. The lowest BCUT2D eigenvalue weighted by atomic mass is 10.0. The molecule has 1 aliphatic rings. The number of aliphatic imine (C=N–C) groups is 1. The van der Waals surface area contributed by atoms with Gasteiger partial charge in [-0.25, -0.2) is 4.99 Å². The third kappa shape index (κ3) is 2.62. The SMILES string of the molecule is COc1ccccc1N=C(C1=C(O)c2ccccc2C1=O)c1cccs1. The van der Waals surface area contributed by atoms with Crippen molar-refractivity contribution in [3.63, 3.8) is 0 Å². The zero-order valence-corrected chi connectivity index (χ0v) is 14.8. The number of thiophene rings is 1. The molecule has 0 saturated carbocycles. The third-order valence-electron chi connectivity index (χ3n) is 4.20. The Labute approximate surface area is 154 Å². The van der Waals surface area contributed by atoms with Crippen LogP contribution in [0.4, 0.5) is 5.69 Å². The maximum Gasteiger partial charge on any atom is 0.199 e. The second-order valence-electron chi connectivity index (χ2n) is 5.71. The smallest absolute Gasteiger partial charge is 0.199 e. The molecule has 1 aromatic heterocycles. The van der Waals surface area contributed by atoms with Gasteiger partial charge in [0.1, 0.15) is 17.2 Å². The highest BCUT2D eigenvalue weighted by Gasteiger charge is 2.33. The topological polar surface area (TPSA) is 58.9 Å². The number of hydrogen-bond acceptors (Lipinski definition) is 5. The normalized spacial score (nSPS) is 13.9. The van der Waals surface area contributed by atoms with E-state index in [1.165, 1.54) is 11.3 Å². The molecule has 0 spiro atoms. The van der Waals surface area contributed by atoms with Gasteiger partial charge in [-0.2, -0.15) is 0 Å². The molecule has 4 rings (SSSR count). The van der Waals surface area contributed by atoms with Crippen molar-refractivity contribution in [1.82, 2.24) is 0 Å². The number of nitrogens with zero attached hydrogens (tertiary/aromatic N) is 1. The molecule has 3 aromatic rings. The molecule has 1 aliphatic carbocycles. The van der Waals surface area contributed by atoms with E-state index < -0.39 is 0 Å². The summed E-state index contributed by atoms with van der Waals surface area (Å²) in [7, 11) is 1.58. The fourth-order valence-corrected chi connectivity index (χ4v) is 3.69. The minimum atomic E-state index is -0.222. The van der Waals surface area contributed by atoms with Gasteiger partial charge < -0.3 is 9.84 Å². The monoisotopic (exact) mass is 361 g/mol. The van der Waals surface area contributed by atoms with E-state index in [2.05, 4.69) is 0 Å². The molecule has 1 heterocycles.